The molecule has 57 heavy (non-hydrogen) atoms. The molecule has 0 atom stereocenters. The van der Waals surface area contributed by atoms with Gasteiger partial charge in [0.05, 0.1) is 0 Å². The molecule has 338 valence electrons. The number of hydrogen-bond donors (Lipinski definition) is 0. The van der Waals surface area contributed by atoms with Gasteiger partial charge in [-0.1, -0.05) is 296 Å². The maximum atomic E-state index is 10.3. The van der Waals surface area contributed by atoms with E-state index in [2.05, 4.69) is 13.8 Å². The first kappa shape index (κ1) is 61.1. The van der Waals surface area contributed by atoms with Gasteiger partial charge in [0.1, 0.15) is 0 Å². The molecule has 0 bridgehead atoms. The molecule has 0 amide bonds. The molecule has 5 heteroatoms. The summed E-state index contributed by atoms with van der Waals surface area (Å²) < 4.78 is 0. The number of carboxylic acids is 2. The molecule has 0 N–H and O–H groups in total. The number of aliphatic carboxylic acids is 2. The average Bonchev–Trinajstić information content (AvgIpc) is 3.18. The normalized spacial score (nSPS) is 11.0. The maximum absolute atomic E-state index is 10.3. The molecule has 0 aliphatic rings. The van der Waals surface area contributed by atoms with Crippen LogP contribution < -0.4 is 10.2 Å². The van der Waals surface area contributed by atoms with Crippen LogP contribution >= 0.6 is 0 Å². The number of carbonyl (C=O) groups is 2. The van der Waals surface area contributed by atoms with Crippen LogP contribution in [0.15, 0.2) is 0 Å². The van der Waals surface area contributed by atoms with E-state index in [0.717, 1.165) is 25.7 Å². The van der Waals surface area contributed by atoms with Gasteiger partial charge in [-0.15, -0.1) is 0 Å². The predicted molar refractivity (Wildman–Crippen MR) is 243 cm³/mol. The molecule has 4 nitrogen and oxygen atoms in total. The largest absolute Gasteiger partial charge is 2.00 e. The number of unbranched alkanes of at least 4 members (excludes halogenated alkanes) is 44. The van der Waals surface area contributed by atoms with Gasteiger partial charge in [-0.25, -0.2) is 0 Å². The third-order valence-electron chi connectivity index (χ3n) is 12.0. The van der Waals surface area contributed by atoms with Crippen molar-refractivity contribution in [2.45, 2.75) is 322 Å². The van der Waals surface area contributed by atoms with Crippen molar-refractivity contribution < 1.29 is 46.0 Å². The predicted octanol–water partition coefficient (Wildman–Crippen LogP) is 16.2. The first-order valence-corrected chi connectivity index (χ1v) is 25.9. The molecule has 0 unspecified atom stereocenters. The second-order valence-electron chi connectivity index (χ2n) is 17.8. The van der Waals surface area contributed by atoms with E-state index in [1.54, 1.807) is 0 Å². The maximum Gasteiger partial charge on any atom is 2.00 e. The molecule has 0 aromatic rings. The van der Waals surface area contributed by atoms with Crippen LogP contribution in [0.3, 0.4) is 0 Å². The van der Waals surface area contributed by atoms with E-state index in [0.29, 0.717) is 0 Å². The van der Waals surface area contributed by atoms with Gasteiger partial charge in [0.2, 0.25) is 0 Å². The van der Waals surface area contributed by atoms with E-state index in [1.165, 1.54) is 270 Å². The number of hydrogen-bond acceptors (Lipinski definition) is 4. The molecule has 0 aromatic heterocycles. The second kappa shape index (κ2) is 57.9. The quantitative estimate of drug-likeness (QED) is 0.0570. The summed E-state index contributed by atoms with van der Waals surface area (Å²) in [6.07, 6.45) is 63.3. The van der Waals surface area contributed by atoms with Gasteiger partial charge in [0.15, 0.2) is 0 Å². The molecule has 0 rings (SSSR count). The Kier molecular flexibility index (Phi) is 62.1. The fraction of sp³-hybridized carbons (Fsp3) is 0.962. The van der Waals surface area contributed by atoms with Crippen LogP contribution in [0.25, 0.3) is 0 Å². The van der Waals surface area contributed by atoms with E-state index >= 15 is 0 Å². The zero-order valence-corrected chi connectivity index (χ0v) is 41.5. The summed E-state index contributed by atoms with van der Waals surface area (Å²) in [5.74, 6) is -1.80. The molecule has 0 saturated carbocycles. The van der Waals surface area contributed by atoms with E-state index in [9.17, 15) is 19.8 Å². The summed E-state index contributed by atoms with van der Waals surface area (Å²) >= 11 is 0. The van der Waals surface area contributed by atoms with Crippen LogP contribution in [0.4, 0.5) is 0 Å². The third kappa shape index (κ3) is 65.1. The smallest absolute Gasteiger partial charge is 0.550 e. The Balaban J connectivity index is -0.00000101. The molecular formula is C52H102O4Zr. The number of carboxylic acid groups (broad SMARTS) is 2. The molecular weight excluding hydrogens is 780 g/mol. The summed E-state index contributed by atoms with van der Waals surface area (Å²) in [7, 11) is 0. The SMILES string of the molecule is CCCCCCCCCCCCCCCCCCCCCCCCCC(=O)[O-].CCCCCCCCCCCCCCCCCCCCCCCCCC(=O)[O-].[Zr+2]. The Morgan fingerprint density at radius 1 is 0.228 bits per heavy atom. The summed E-state index contributed by atoms with van der Waals surface area (Å²) in [6, 6.07) is 0. The first-order chi connectivity index (χ1) is 27.5. The third-order valence-corrected chi connectivity index (χ3v) is 12.0. The zero-order chi connectivity index (χ0) is 41.1. The molecule has 0 aliphatic heterocycles. The molecule has 0 aromatic carbocycles. The van der Waals surface area contributed by atoms with Crippen molar-refractivity contribution in [1.82, 2.24) is 0 Å². The van der Waals surface area contributed by atoms with E-state index in [-0.39, 0.29) is 39.0 Å². The minimum atomic E-state index is -0.900. The van der Waals surface area contributed by atoms with Crippen molar-refractivity contribution in [1.29, 1.82) is 0 Å². The Labute approximate surface area is 378 Å². The van der Waals surface area contributed by atoms with E-state index in [4.69, 9.17) is 0 Å². The summed E-state index contributed by atoms with van der Waals surface area (Å²) in [6.45, 7) is 4.58. The van der Waals surface area contributed by atoms with Crippen LogP contribution in [-0.4, -0.2) is 11.9 Å². The van der Waals surface area contributed by atoms with Crippen LogP contribution in [0.1, 0.15) is 322 Å². The Morgan fingerprint density at radius 3 is 0.439 bits per heavy atom. The summed E-state index contributed by atoms with van der Waals surface area (Å²) in [4.78, 5) is 20.6. The average molecular weight is 883 g/mol. The standard InChI is InChI=1S/2C26H52O2.Zr/c2*1-2-3-4-5-6-7-8-9-10-11-12-13-14-15-16-17-18-19-20-21-22-23-24-25-26(27)28;/h2*2-25H2,1H3,(H,27,28);/q;;+2/p-2. The summed E-state index contributed by atoms with van der Waals surface area (Å²) in [5, 5.41) is 20.6. The van der Waals surface area contributed by atoms with Crippen molar-refractivity contribution in [3.63, 3.8) is 0 Å². The van der Waals surface area contributed by atoms with Gasteiger partial charge in [0.25, 0.3) is 0 Å². The zero-order valence-electron chi connectivity index (χ0n) is 39.1. The monoisotopic (exact) mass is 881 g/mol. The minimum Gasteiger partial charge on any atom is -0.550 e. The van der Waals surface area contributed by atoms with Crippen molar-refractivity contribution >= 4 is 11.9 Å². The fourth-order valence-electron chi connectivity index (χ4n) is 8.11. The number of carbonyl (C=O) groups excluding carboxylic acids is 2. The second-order valence-corrected chi connectivity index (χ2v) is 17.8. The first-order valence-electron chi connectivity index (χ1n) is 25.9. The van der Waals surface area contributed by atoms with Gasteiger partial charge >= 0.3 is 26.2 Å². The molecule has 0 fully saturated rings. The molecule has 0 saturated heterocycles. The van der Waals surface area contributed by atoms with Crippen molar-refractivity contribution in [2.75, 3.05) is 0 Å². The van der Waals surface area contributed by atoms with Crippen LogP contribution in [0.5, 0.6) is 0 Å². The van der Waals surface area contributed by atoms with Crippen LogP contribution in [0, 0.1) is 0 Å². The Bertz CT molecular complexity index is 669. The van der Waals surface area contributed by atoms with Crippen molar-refractivity contribution in [3.8, 4) is 0 Å². The van der Waals surface area contributed by atoms with Gasteiger partial charge in [-0.05, 0) is 25.7 Å². The molecule has 0 heterocycles. The molecule has 0 radical (unpaired) electrons. The van der Waals surface area contributed by atoms with Crippen LogP contribution in [-0.2, 0) is 35.8 Å². The van der Waals surface area contributed by atoms with E-state index < -0.39 is 11.9 Å². The summed E-state index contributed by atoms with van der Waals surface area (Å²) in [5.41, 5.74) is 0. The van der Waals surface area contributed by atoms with Gasteiger partial charge in [-0.3, -0.25) is 0 Å². The number of rotatable bonds is 48. The fourth-order valence-corrected chi connectivity index (χ4v) is 8.11. The molecule has 0 aliphatic carbocycles. The minimum absolute atomic E-state index is 0. The topological polar surface area (TPSA) is 80.3 Å². The van der Waals surface area contributed by atoms with Crippen molar-refractivity contribution in [3.05, 3.63) is 0 Å². The Morgan fingerprint density at radius 2 is 0.333 bits per heavy atom. The van der Waals surface area contributed by atoms with Gasteiger partial charge in [0, 0.05) is 11.9 Å². The van der Waals surface area contributed by atoms with Crippen molar-refractivity contribution in [2.24, 2.45) is 0 Å². The Hall–Kier alpha value is -0.177. The van der Waals surface area contributed by atoms with Crippen LogP contribution in [0.2, 0.25) is 0 Å². The van der Waals surface area contributed by atoms with E-state index in [1.807, 2.05) is 0 Å². The molecule has 0 spiro atoms. The van der Waals surface area contributed by atoms with Gasteiger partial charge < -0.3 is 19.8 Å². The van der Waals surface area contributed by atoms with Gasteiger partial charge in [-0.2, -0.15) is 0 Å².